The molecule has 3 aromatic heterocycles. The van der Waals surface area contributed by atoms with E-state index in [0.717, 1.165) is 46.7 Å². The van der Waals surface area contributed by atoms with Crippen LogP contribution in [-0.4, -0.2) is 67.7 Å². The van der Waals surface area contributed by atoms with Gasteiger partial charge in [-0.3, -0.25) is 14.7 Å². The fraction of sp³-hybridized carbons (Fsp3) is 0.303. The van der Waals surface area contributed by atoms with Gasteiger partial charge < -0.3 is 20.0 Å². The highest BCUT2D eigenvalue weighted by Gasteiger charge is 2.28. The lowest BCUT2D eigenvalue weighted by atomic mass is 10.0. The van der Waals surface area contributed by atoms with E-state index in [1.54, 1.807) is 29.9 Å². The molecule has 45 heavy (non-hydrogen) atoms. The fourth-order valence-electron chi connectivity index (χ4n) is 6.23. The van der Waals surface area contributed by atoms with Crippen molar-refractivity contribution in [3.8, 4) is 11.3 Å². The van der Waals surface area contributed by atoms with Gasteiger partial charge in [0.15, 0.2) is 11.3 Å². The number of carbonyl (C=O) groups is 2. The molecule has 0 spiro atoms. The zero-order valence-electron chi connectivity index (χ0n) is 25.4. The highest BCUT2D eigenvalue weighted by molar-refractivity contribution is 6.05. The van der Waals surface area contributed by atoms with Gasteiger partial charge in [0.05, 0.1) is 11.9 Å². The monoisotopic (exact) mass is 607 g/mol. The summed E-state index contributed by atoms with van der Waals surface area (Å²) in [6.45, 7) is 9.69. The Hall–Kier alpha value is -5.26. The third-order valence-electron chi connectivity index (χ3n) is 8.63. The predicted molar refractivity (Wildman–Crippen MR) is 170 cm³/mol. The van der Waals surface area contributed by atoms with Crippen LogP contribution in [-0.2, 0) is 17.9 Å². The average molecular weight is 608 g/mol. The van der Waals surface area contributed by atoms with Gasteiger partial charge in [-0.15, -0.1) is 0 Å². The number of anilines is 3. The molecule has 0 bridgehead atoms. The first-order valence-electron chi connectivity index (χ1n) is 15.1. The summed E-state index contributed by atoms with van der Waals surface area (Å²) in [5.41, 5.74) is 6.86. The van der Waals surface area contributed by atoms with E-state index in [1.165, 1.54) is 6.07 Å². The van der Waals surface area contributed by atoms with Crippen LogP contribution in [0.15, 0.2) is 60.9 Å². The van der Waals surface area contributed by atoms with Crippen LogP contribution in [0.5, 0.6) is 0 Å². The lowest BCUT2D eigenvalue weighted by Gasteiger charge is -2.35. The van der Waals surface area contributed by atoms with Crippen molar-refractivity contribution in [3.05, 3.63) is 89.1 Å². The van der Waals surface area contributed by atoms with E-state index in [1.807, 2.05) is 55.1 Å². The van der Waals surface area contributed by atoms with Gasteiger partial charge in [0.25, 0.3) is 5.91 Å². The molecule has 11 nitrogen and oxygen atoms in total. The number of H-pyrrole nitrogens is 1. The van der Waals surface area contributed by atoms with Crippen molar-refractivity contribution in [1.82, 2.24) is 29.7 Å². The average Bonchev–Trinajstić information content (AvgIpc) is 3.79. The number of carbonyl (C=O) groups excluding carboxylic acids is 2. The third-order valence-corrected chi connectivity index (χ3v) is 8.63. The van der Waals surface area contributed by atoms with Crippen LogP contribution in [0.1, 0.15) is 53.9 Å². The molecule has 0 saturated carbocycles. The number of benzene rings is 2. The van der Waals surface area contributed by atoms with Gasteiger partial charge in [-0.2, -0.15) is 10.2 Å². The first-order chi connectivity index (χ1) is 21.7. The first-order valence-corrected chi connectivity index (χ1v) is 15.1. The molecule has 1 fully saturated rings. The van der Waals surface area contributed by atoms with E-state index in [0.29, 0.717) is 49.0 Å². The van der Waals surface area contributed by atoms with Gasteiger partial charge in [-0.25, -0.2) is 13.9 Å². The molecule has 5 aromatic rings. The molecular formula is C33H34FN9O2. The van der Waals surface area contributed by atoms with Crippen molar-refractivity contribution in [2.24, 2.45) is 0 Å². The number of nitrogens with one attached hydrogen (secondary N) is 2. The molecule has 12 heteroatoms. The standard InChI is InChI=1S/C33H34FN9O2/c1-20(2)30-31(33(45)37-26-6-8-27(9-7-26)41-12-10-40(11-13-41)21(3)44)39-43-28(24-16-35-36-17-24)15-29(38-32(30)43)42-18-22-4-5-25(34)14-23(22)19-42/h4-9,14-17,20H,10-13,18-19H2,1-3H3,(H,35,36)(H,37,45). The van der Waals surface area contributed by atoms with E-state index in [-0.39, 0.29) is 23.5 Å². The maximum Gasteiger partial charge on any atom is 0.276 e. The summed E-state index contributed by atoms with van der Waals surface area (Å²) in [5, 5.41) is 14.8. The van der Waals surface area contributed by atoms with Gasteiger partial charge in [0.2, 0.25) is 5.91 Å². The van der Waals surface area contributed by atoms with Gasteiger partial charge in [-0.1, -0.05) is 19.9 Å². The van der Waals surface area contributed by atoms with Gasteiger partial charge >= 0.3 is 0 Å². The summed E-state index contributed by atoms with van der Waals surface area (Å²) in [6, 6.07) is 14.6. The number of aromatic nitrogens is 5. The second-order valence-corrected chi connectivity index (χ2v) is 11.9. The Kier molecular flexibility index (Phi) is 7.19. The lowest BCUT2D eigenvalue weighted by Crippen LogP contribution is -2.48. The Labute approximate surface area is 259 Å². The largest absolute Gasteiger partial charge is 0.368 e. The van der Waals surface area contributed by atoms with Gasteiger partial charge in [0, 0.05) is 81.0 Å². The minimum Gasteiger partial charge on any atom is -0.368 e. The van der Waals surface area contributed by atoms with Crippen molar-refractivity contribution in [2.45, 2.75) is 39.8 Å². The molecule has 2 aromatic carbocycles. The van der Waals surface area contributed by atoms with Crippen LogP contribution in [0.4, 0.5) is 21.6 Å². The predicted octanol–water partition coefficient (Wildman–Crippen LogP) is 4.82. The molecule has 0 aliphatic carbocycles. The second-order valence-electron chi connectivity index (χ2n) is 11.9. The Morgan fingerprint density at radius 2 is 1.71 bits per heavy atom. The molecule has 7 rings (SSSR count). The maximum atomic E-state index is 14.0. The van der Waals surface area contributed by atoms with Gasteiger partial charge in [-0.05, 0) is 53.4 Å². The number of piperazine rings is 1. The number of fused-ring (bicyclic) bond motifs is 2. The first kappa shape index (κ1) is 28.5. The minimum absolute atomic E-state index is 0.0517. The molecular weight excluding hydrogens is 573 g/mol. The number of hydrogen-bond donors (Lipinski definition) is 2. The topological polar surface area (TPSA) is 115 Å². The molecule has 2 N–H and O–H groups in total. The van der Waals surface area contributed by atoms with Crippen molar-refractivity contribution in [3.63, 3.8) is 0 Å². The number of hydrogen-bond acceptors (Lipinski definition) is 7. The molecule has 0 atom stereocenters. The number of halogens is 1. The van der Waals surface area contributed by atoms with Crippen LogP contribution in [0.2, 0.25) is 0 Å². The SMILES string of the molecule is CC(=O)N1CCN(c2ccc(NC(=O)c3nn4c(-c5cn[nH]c5)cc(N5Cc6ccc(F)cc6C5)nc4c3C(C)C)cc2)CC1. The Balaban J connectivity index is 1.20. The zero-order chi connectivity index (χ0) is 31.2. The highest BCUT2D eigenvalue weighted by Crippen LogP contribution is 2.34. The van der Waals surface area contributed by atoms with Crippen molar-refractivity contribution in [1.29, 1.82) is 0 Å². The summed E-state index contributed by atoms with van der Waals surface area (Å²) in [5.74, 6) is 0.180. The normalized spacial score (nSPS) is 14.8. The Bertz CT molecular complexity index is 1890. The molecule has 1 saturated heterocycles. The second kappa shape index (κ2) is 11.3. The number of amides is 2. The molecule has 2 aliphatic rings. The molecule has 2 amide bonds. The van der Waals surface area contributed by atoms with E-state index >= 15 is 0 Å². The van der Waals surface area contributed by atoms with Crippen LogP contribution >= 0.6 is 0 Å². The zero-order valence-corrected chi connectivity index (χ0v) is 25.4. The van der Waals surface area contributed by atoms with Crippen LogP contribution in [0.25, 0.3) is 16.9 Å². The molecule has 5 heterocycles. The van der Waals surface area contributed by atoms with E-state index < -0.39 is 0 Å². The summed E-state index contributed by atoms with van der Waals surface area (Å²) in [6.07, 6.45) is 3.50. The highest BCUT2D eigenvalue weighted by atomic mass is 19.1. The Morgan fingerprint density at radius 3 is 2.40 bits per heavy atom. The quantitative estimate of drug-likeness (QED) is 0.284. The Morgan fingerprint density at radius 1 is 0.956 bits per heavy atom. The summed E-state index contributed by atoms with van der Waals surface area (Å²) >= 11 is 0. The van der Waals surface area contributed by atoms with Crippen molar-refractivity contribution in [2.75, 3.05) is 41.3 Å². The third kappa shape index (κ3) is 5.36. The number of rotatable bonds is 6. The molecule has 2 aliphatic heterocycles. The smallest absolute Gasteiger partial charge is 0.276 e. The summed E-state index contributed by atoms with van der Waals surface area (Å²) in [7, 11) is 0. The van der Waals surface area contributed by atoms with E-state index in [4.69, 9.17) is 10.1 Å². The van der Waals surface area contributed by atoms with Crippen molar-refractivity contribution < 1.29 is 14.0 Å². The number of nitrogens with zero attached hydrogens (tertiary/aromatic N) is 7. The van der Waals surface area contributed by atoms with E-state index in [2.05, 4.69) is 25.3 Å². The summed E-state index contributed by atoms with van der Waals surface area (Å²) in [4.78, 5) is 36.7. The maximum absolute atomic E-state index is 14.0. The molecule has 0 unspecified atom stereocenters. The van der Waals surface area contributed by atoms with E-state index in [9.17, 15) is 14.0 Å². The fourth-order valence-corrected chi connectivity index (χ4v) is 6.23. The van der Waals surface area contributed by atoms with Crippen molar-refractivity contribution >= 4 is 34.7 Å². The number of aromatic amines is 1. The molecule has 230 valence electrons. The summed E-state index contributed by atoms with van der Waals surface area (Å²) < 4.78 is 15.7. The minimum atomic E-state index is -0.323. The lowest BCUT2D eigenvalue weighted by molar-refractivity contribution is -0.129. The van der Waals surface area contributed by atoms with Crippen LogP contribution in [0, 0.1) is 5.82 Å². The van der Waals surface area contributed by atoms with Crippen LogP contribution in [0.3, 0.4) is 0 Å². The molecule has 0 radical (unpaired) electrons. The van der Waals surface area contributed by atoms with Crippen LogP contribution < -0.4 is 15.1 Å². The van der Waals surface area contributed by atoms with Gasteiger partial charge in [0.1, 0.15) is 11.6 Å².